The molecular weight excluding hydrogens is 450 g/mol. The Kier molecular flexibility index (Phi) is 11.9. The molecule has 3 unspecified atom stereocenters. The third-order valence-corrected chi connectivity index (χ3v) is 5.77. The summed E-state index contributed by atoms with van der Waals surface area (Å²) in [7, 11) is 0. The molecule has 1 aromatic carbocycles. The molecule has 0 aliphatic rings. The van der Waals surface area contributed by atoms with E-state index in [1.54, 1.807) is 25.7 Å². The highest BCUT2D eigenvalue weighted by Crippen LogP contribution is 2.28. The first-order chi connectivity index (χ1) is 15.8. The highest BCUT2D eigenvalue weighted by molar-refractivity contribution is 7.80. The summed E-state index contributed by atoms with van der Waals surface area (Å²) in [5.41, 5.74) is 2.06. The number of carbonyl (C=O) groups is 3. The molecule has 0 heterocycles. The molecule has 0 fully saturated rings. The van der Waals surface area contributed by atoms with Crippen LogP contribution in [-0.2, 0) is 14.3 Å². The lowest BCUT2D eigenvalue weighted by atomic mass is 9.96. The Morgan fingerprint density at radius 1 is 1.09 bits per heavy atom. The number of aryl methyl sites for hydroxylation is 2. The minimum Gasteiger partial charge on any atom is -0.444 e. The van der Waals surface area contributed by atoms with Crippen LogP contribution in [0.2, 0.25) is 0 Å². The van der Waals surface area contributed by atoms with Crippen LogP contribution in [0.15, 0.2) is 18.2 Å². The normalized spacial score (nSPS) is 14.0. The van der Waals surface area contributed by atoms with Crippen LogP contribution in [0.5, 0.6) is 0 Å². The van der Waals surface area contributed by atoms with Gasteiger partial charge in [-0.25, -0.2) is 4.79 Å². The molecule has 0 saturated heterocycles. The summed E-state index contributed by atoms with van der Waals surface area (Å²) in [6.07, 6.45) is 1.74. The number of benzene rings is 1. The van der Waals surface area contributed by atoms with E-state index in [-0.39, 0.29) is 23.6 Å². The number of thiol groups is 1. The molecule has 7 nitrogen and oxygen atoms in total. The third-order valence-electron chi connectivity index (χ3n) is 5.41. The fourth-order valence-electron chi connectivity index (χ4n) is 3.70. The van der Waals surface area contributed by atoms with Gasteiger partial charge in [-0.05, 0) is 59.9 Å². The van der Waals surface area contributed by atoms with Crippen LogP contribution in [0.3, 0.4) is 0 Å². The zero-order chi connectivity index (χ0) is 26.1. The highest BCUT2D eigenvalue weighted by atomic mass is 32.1. The predicted molar refractivity (Wildman–Crippen MR) is 140 cm³/mol. The van der Waals surface area contributed by atoms with Gasteiger partial charge in [0.05, 0.1) is 0 Å². The van der Waals surface area contributed by atoms with Gasteiger partial charge in [-0.2, -0.15) is 12.6 Å². The van der Waals surface area contributed by atoms with Crippen molar-refractivity contribution in [2.45, 2.75) is 98.4 Å². The van der Waals surface area contributed by atoms with Crippen molar-refractivity contribution in [2.24, 2.45) is 0 Å². The number of alkyl carbamates (subject to hydrolysis) is 1. The Hall–Kier alpha value is -2.22. The van der Waals surface area contributed by atoms with Gasteiger partial charge in [0.15, 0.2) is 0 Å². The number of hydrogen-bond acceptors (Lipinski definition) is 5. The number of carbonyl (C=O) groups excluding carboxylic acids is 3. The van der Waals surface area contributed by atoms with Gasteiger partial charge in [0, 0.05) is 18.3 Å². The monoisotopic (exact) mass is 493 g/mol. The molecule has 0 radical (unpaired) electrons. The highest BCUT2D eigenvalue weighted by Gasteiger charge is 2.38. The fourth-order valence-corrected chi connectivity index (χ4v) is 3.95. The number of ether oxygens (including phenoxy) is 1. The topological polar surface area (TPSA) is 87.7 Å². The molecule has 3 amide bonds. The van der Waals surface area contributed by atoms with Gasteiger partial charge < -0.3 is 20.3 Å². The van der Waals surface area contributed by atoms with E-state index in [4.69, 9.17) is 4.74 Å². The van der Waals surface area contributed by atoms with Crippen LogP contribution in [0.1, 0.15) is 83.5 Å². The summed E-state index contributed by atoms with van der Waals surface area (Å²) >= 11 is 4.32. The second-order valence-electron chi connectivity index (χ2n) is 9.85. The zero-order valence-electron chi connectivity index (χ0n) is 22.0. The predicted octanol–water partition coefficient (Wildman–Crippen LogP) is 4.71. The quantitative estimate of drug-likeness (QED) is 0.308. The Labute approximate surface area is 210 Å². The van der Waals surface area contributed by atoms with Gasteiger partial charge in [0.25, 0.3) is 0 Å². The van der Waals surface area contributed by atoms with Gasteiger partial charge >= 0.3 is 6.09 Å². The largest absolute Gasteiger partial charge is 0.444 e. The van der Waals surface area contributed by atoms with E-state index >= 15 is 0 Å². The molecule has 2 N–H and O–H groups in total. The second-order valence-corrected chi connectivity index (χ2v) is 10.2. The van der Waals surface area contributed by atoms with Crippen LogP contribution in [0.4, 0.5) is 4.79 Å². The number of nitrogens with one attached hydrogen (secondary N) is 2. The molecule has 1 rings (SSSR count). The van der Waals surface area contributed by atoms with Crippen LogP contribution >= 0.6 is 12.6 Å². The lowest BCUT2D eigenvalue weighted by molar-refractivity contribution is -0.144. The molecule has 0 aliphatic heterocycles. The molecule has 8 heteroatoms. The lowest BCUT2D eigenvalue weighted by Gasteiger charge is -2.38. The molecule has 0 aromatic heterocycles. The van der Waals surface area contributed by atoms with Crippen LogP contribution in [-0.4, -0.2) is 52.8 Å². The Morgan fingerprint density at radius 3 is 2.15 bits per heavy atom. The van der Waals surface area contributed by atoms with Gasteiger partial charge in [0.1, 0.15) is 17.7 Å². The van der Waals surface area contributed by atoms with E-state index in [1.807, 2.05) is 45.9 Å². The van der Waals surface area contributed by atoms with E-state index in [0.717, 1.165) is 29.5 Å². The van der Waals surface area contributed by atoms with Crippen LogP contribution in [0.25, 0.3) is 0 Å². The first-order valence-corrected chi connectivity index (χ1v) is 12.8. The second kappa shape index (κ2) is 13.6. The third kappa shape index (κ3) is 9.20. The minimum absolute atomic E-state index is 0.0715. The molecule has 3 atom stereocenters. The maximum Gasteiger partial charge on any atom is 0.408 e. The van der Waals surface area contributed by atoms with Crippen molar-refractivity contribution < 1.29 is 19.1 Å². The van der Waals surface area contributed by atoms with E-state index < -0.39 is 23.8 Å². The fraction of sp³-hybridized carbons (Fsp3) is 0.654. The smallest absolute Gasteiger partial charge is 0.408 e. The van der Waals surface area contributed by atoms with Crippen molar-refractivity contribution in [3.05, 3.63) is 34.9 Å². The van der Waals surface area contributed by atoms with Gasteiger partial charge in [-0.3, -0.25) is 9.59 Å². The van der Waals surface area contributed by atoms with Crippen LogP contribution in [0, 0.1) is 13.8 Å². The summed E-state index contributed by atoms with van der Waals surface area (Å²) in [4.78, 5) is 41.3. The molecule has 0 bridgehead atoms. The standard InChI is InChI=1S/C26H43N3O4S/c1-9-11-12-27-23(30)22(20-14-17(3)13-18(4)15-20)29(19(5)10-2)24(31)21(16-34)28-25(32)33-26(6,7)8/h13-15,19,21-22,34H,9-12,16H2,1-8H3,(H,27,30)(H,28,32). The Bertz CT molecular complexity index is 818. The summed E-state index contributed by atoms with van der Waals surface area (Å²) in [5.74, 6) is -0.533. The van der Waals surface area contributed by atoms with Crippen molar-refractivity contribution >= 4 is 30.5 Å². The molecule has 1 aromatic rings. The van der Waals surface area contributed by atoms with E-state index in [2.05, 4.69) is 30.2 Å². The maximum absolute atomic E-state index is 13.8. The first kappa shape index (κ1) is 29.8. The van der Waals surface area contributed by atoms with E-state index in [0.29, 0.717) is 13.0 Å². The molecule has 0 spiro atoms. The molecule has 0 saturated carbocycles. The van der Waals surface area contributed by atoms with Crippen molar-refractivity contribution in [1.29, 1.82) is 0 Å². The SMILES string of the molecule is CCCCNC(=O)C(c1cc(C)cc(C)c1)N(C(=O)C(CS)NC(=O)OC(C)(C)C)C(C)CC. The van der Waals surface area contributed by atoms with Gasteiger partial charge in [-0.15, -0.1) is 0 Å². The number of unbranched alkanes of at least 4 members (excludes halogenated alkanes) is 1. The van der Waals surface area contributed by atoms with Crippen molar-refractivity contribution in [2.75, 3.05) is 12.3 Å². The summed E-state index contributed by atoms with van der Waals surface area (Å²) in [6, 6.07) is 3.89. The van der Waals surface area contributed by atoms with Crippen LogP contribution < -0.4 is 10.6 Å². The summed E-state index contributed by atoms with van der Waals surface area (Å²) < 4.78 is 5.34. The Morgan fingerprint density at radius 2 is 1.68 bits per heavy atom. The molecule has 0 aliphatic carbocycles. The Balaban J connectivity index is 3.44. The summed E-state index contributed by atoms with van der Waals surface area (Å²) in [6.45, 7) is 15.7. The minimum atomic E-state index is -0.941. The number of nitrogens with zero attached hydrogens (tertiary/aromatic N) is 1. The molecule has 34 heavy (non-hydrogen) atoms. The van der Waals surface area contributed by atoms with Crippen molar-refractivity contribution in [3.8, 4) is 0 Å². The first-order valence-electron chi connectivity index (χ1n) is 12.1. The van der Waals surface area contributed by atoms with Crippen molar-refractivity contribution in [3.63, 3.8) is 0 Å². The van der Waals surface area contributed by atoms with E-state index in [1.165, 1.54) is 0 Å². The summed E-state index contributed by atoms with van der Waals surface area (Å²) in [5, 5.41) is 5.64. The lowest BCUT2D eigenvalue weighted by Crippen LogP contribution is -2.56. The number of rotatable bonds is 11. The van der Waals surface area contributed by atoms with E-state index in [9.17, 15) is 14.4 Å². The maximum atomic E-state index is 13.8. The average molecular weight is 494 g/mol. The molecule has 192 valence electrons. The zero-order valence-corrected chi connectivity index (χ0v) is 22.9. The van der Waals surface area contributed by atoms with Gasteiger partial charge in [0.2, 0.25) is 11.8 Å². The number of amides is 3. The molecular formula is C26H43N3O4S. The van der Waals surface area contributed by atoms with Gasteiger partial charge in [-0.1, -0.05) is 49.6 Å². The van der Waals surface area contributed by atoms with Crippen molar-refractivity contribution in [1.82, 2.24) is 15.5 Å². The average Bonchev–Trinajstić information content (AvgIpc) is 2.72. The number of hydrogen-bond donors (Lipinski definition) is 3.